The SMILES string of the molecule is N[C@@H](CCc1ncc(-c2ccccc2)[nH]1)C(=O)OCc1ccccc1. The summed E-state index contributed by atoms with van der Waals surface area (Å²) in [6.45, 7) is 0.242. The monoisotopic (exact) mass is 335 g/mol. The number of carbonyl (C=O) groups is 1. The Kier molecular flexibility index (Phi) is 5.59. The van der Waals surface area contributed by atoms with Gasteiger partial charge in [0.05, 0.1) is 11.9 Å². The lowest BCUT2D eigenvalue weighted by molar-refractivity contribution is -0.146. The van der Waals surface area contributed by atoms with Crippen LogP contribution >= 0.6 is 0 Å². The largest absolute Gasteiger partial charge is 0.460 e. The Morgan fingerprint density at radius 3 is 2.48 bits per heavy atom. The van der Waals surface area contributed by atoms with Gasteiger partial charge in [0.1, 0.15) is 18.5 Å². The van der Waals surface area contributed by atoms with E-state index in [0.29, 0.717) is 12.8 Å². The van der Waals surface area contributed by atoms with Gasteiger partial charge < -0.3 is 15.5 Å². The number of H-pyrrole nitrogens is 1. The number of nitrogens with one attached hydrogen (secondary N) is 1. The van der Waals surface area contributed by atoms with Gasteiger partial charge in [0, 0.05) is 6.42 Å². The second kappa shape index (κ2) is 8.26. The minimum atomic E-state index is -0.658. The van der Waals surface area contributed by atoms with Gasteiger partial charge in [-0.3, -0.25) is 4.79 Å². The van der Waals surface area contributed by atoms with Crippen LogP contribution in [0.15, 0.2) is 66.9 Å². The number of nitrogens with zero attached hydrogens (tertiary/aromatic N) is 1. The van der Waals surface area contributed by atoms with Gasteiger partial charge in [0.2, 0.25) is 0 Å². The molecule has 0 fully saturated rings. The molecule has 3 rings (SSSR count). The summed E-state index contributed by atoms with van der Waals surface area (Å²) in [5, 5.41) is 0. The molecule has 25 heavy (non-hydrogen) atoms. The molecule has 1 heterocycles. The molecule has 3 aromatic rings. The Morgan fingerprint density at radius 2 is 1.76 bits per heavy atom. The van der Waals surface area contributed by atoms with Crippen LogP contribution in [-0.4, -0.2) is 22.0 Å². The van der Waals surface area contributed by atoms with Crippen LogP contribution in [0.3, 0.4) is 0 Å². The molecule has 0 saturated carbocycles. The number of ether oxygens (including phenoxy) is 1. The average molecular weight is 335 g/mol. The summed E-state index contributed by atoms with van der Waals surface area (Å²) in [5.74, 6) is 0.420. The number of aromatic nitrogens is 2. The fourth-order valence-corrected chi connectivity index (χ4v) is 2.50. The number of carbonyl (C=O) groups excluding carboxylic acids is 1. The third-order valence-electron chi connectivity index (χ3n) is 3.93. The number of benzene rings is 2. The molecular weight excluding hydrogens is 314 g/mol. The lowest BCUT2D eigenvalue weighted by Crippen LogP contribution is -2.32. The minimum Gasteiger partial charge on any atom is -0.460 e. The van der Waals surface area contributed by atoms with E-state index < -0.39 is 12.0 Å². The van der Waals surface area contributed by atoms with Gasteiger partial charge in [0.15, 0.2) is 0 Å². The normalized spacial score (nSPS) is 11.9. The van der Waals surface area contributed by atoms with Crippen molar-refractivity contribution < 1.29 is 9.53 Å². The van der Waals surface area contributed by atoms with Gasteiger partial charge in [-0.05, 0) is 17.5 Å². The Morgan fingerprint density at radius 1 is 1.08 bits per heavy atom. The fourth-order valence-electron chi connectivity index (χ4n) is 2.50. The molecule has 5 nitrogen and oxygen atoms in total. The standard InChI is InChI=1S/C20H21N3O2/c21-17(20(24)25-14-15-7-3-1-4-8-15)11-12-19-22-13-18(23-19)16-9-5-2-6-10-16/h1-10,13,17H,11-12,14,21H2,(H,22,23)/t17-/m0/s1. The summed E-state index contributed by atoms with van der Waals surface area (Å²) < 4.78 is 5.26. The summed E-state index contributed by atoms with van der Waals surface area (Å²) in [4.78, 5) is 19.6. The van der Waals surface area contributed by atoms with E-state index in [1.165, 1.54) is 0 Å². The number of hydrogen-bond donors (Lipinski definition) is 2. The number of aromatic amines is 1. The molecule has 0 spiro atoms. The molecule has 0 amide bonds. The predicted octanol–water partition coefficient (Wildman–Crippen LogP) is 3.08. The van der Waals surface area contributed by atoms with Crippen LogP contribution in [0.1, 0.15) is 17.8 Å². The Hall–Kier alpha value is -2.92. The van der Waals surface area contributed by atoms with Crippen molar-refractivity contribution in [3.63, 3.8) is 0 Å². The molecule has 1 atom stereocenters. The van der Waals surface area contributed by atoms with Crippen molar-refractivity contribution in [3.05, 3.63) is 78.2 Å². The lowest BCUT2D eigenvalue weighted by atomic mass is 10.1. The third-order valence-corrected chi connectivity index (χ3v) is 3.93. The van der Waals surface area contributed by atoms with Crippen LogP contribution in [0.5, 0.6) is 0 Å². The van der Waals surface area contributed by atoms with Gasteiger partial charge >= 0.3 is 5.97 Å². The fraction of sp³-hybridized carbons (Fsp3) is 0.200. The lowest BCUT2D eigenvalue weighted by Gasteiger charge is -2.10. The molecule has 5 heteroatoms. The summed E-state index contributed by atoms with van der Waals surface area (Å²) >= 11 is 0. The Balaban J connectivity index is 1.48. The van der Waals surface area contributed by atoms with E-state index in [4.69, 9.17) is 10.5 Å². The molecule has 0 radical (unpaired) electrons. The van der Waals surface area contributed by atoms with E-state index >= 15 is 0 Å². The zero-order chi connectivity index (χ0) is 17.5. The molecule has 1 aromatic heterocycles. The summed E-state index contributed by atoms with van der Waals surface area (Å²) in [6.07, 6.45) is 2.87. The van der Waals surface area contributed by atoms with Crippen molar-refractivity contribution in [1.82, 2.24) is 9.97 Å². The van der Waals surface area contributed by atoms with Crippen LogP contribution in [0.25, 0.3) is 11.3 Å². The van der Waals surface area contributed by atoms with Crippen molar-refractivity contribution in [1.29, 1.82) is 0 Å². The maximum atomic E-state index is 12.0. The first-order valence-electron chi connectivity index (χ1n) is 8.28. The quantitative estimate of drug-likeness (QED) is 0.650. The van der Waals surface area contributed by atoms with Crippen LogP contribution < -0.4 is 5.73 Å². The number of rotatable bonds is 7. The van der Waals surface area contributed by atoms with E-state index in [1.807, 2.05) is 60.7 Å². The third kappa shape index (κ3) is 4.78. The maximum Gasteiger partial charge on any atom is 0.323 e. The van der Waals surface area contributed by atoms with Gasteiger partial charge in [-0.2, -0.15) is 0 Å². The first kappa shape index (κ1) is 16.9. The molecule has 0 aliphatic rings. The van der Waals surface area contributed by atoms with Gasteiger partial charge in [-0.25, -0.2) is 4.98 Å². The zero-order valence-electron chi connectivity index (χ0n) is 13.9. The minimum absolute atomic E-state index is 0.242. The van der Waals surface area contributed by atoms with Crippen LogP contribution in [0.4, 0.5) is 0 Å². The molecule has 0 unspecified atom stereocenters. The van der Waals surface area contributed by atoms with Gasteiger partial charge in [-0.1, -0.05) is 60.7 Å². The van der Waals surface area contributed by atoms with E-state index in [1.54, 1.807) is 6.20 Å². The summed E-state index contributed by atoms with van der Waals surface area (Å²) in [7, 11) is 0. The van der Waals surface area contributed by atoms with Crippen molar-refractivity contribution in [2.75, 3.05) is 0 Å². The van der Waals surface area contributed by atoms with Crippen molar-refractivity contribution in [3.8, 4) is 11.3 Å². The number of esters is 1. The van der Waals surface area contributed by atoms with E-state index in [-0.39, 0.29) is 6.61 Å². The topological polar surface area (TPSA) is 81.0 Å². The highest BCUT2D eigenvalue weighted by atomic mass is 16.5. The van der Waals surface area contributed by atoms with E-state index in [9.17, 15) is 4.79 Å². The van der Waals surface area contributed by atoms with Gasteiger partial charge in [-0.15, -0.1) is 0 Å². The van der Waals surface area contributed by atoms with Crippen molar-refractivity contribution in [2.24, 2.45) is 5.73 Å². The molecule has 0 saturated heterocycles. The molecule has 0 aliphatic carbocycles. The molecule has 128 valence electrons. The molecule has 0 bridgehead atoms. The highest BCUT2D eigenvalue weighted by Gasteiger charge is 2.16. The first-order valence-corrected chi connectivity index (χ1v) is 8.28. The first-order chi connectivity index (χ1) is 12.2. The van der Waals surface area contributed by atoms with E-state index in [2.05, 4.69) is 9.97 Å². The van der Waals surface area contributed by atoms with Crippen LogP contribution in [0, 0.1) is 0 Å². The number of nitrogens with two attached hydrogens (primary N) is 1. The number of imidazole rings is 1. The molecule has 2 aromatic carbocycles. The average Bonchev–Trinajstić information content (AvgIpc) is 3.15. The highest BCUT2D eigenvalue weighted by Crippen LogP contribution is 2.16. The van der Waals surface area contributed by atoms with Crippen molar-refractivity contribution in [2.45, 2.75) is 25.5 Å². The number of aryl methyl sites for hydroxylation is 1. The molecule has 0 aliphatic heterocycles. The second-order valence-electron chi connectivity index (χ2n) is 5.85. The summed E-state index contributed by atoms with van der Waals surface area (Å²) in [6, 6.07) is 18.9. The van der Waals surface area contributed by atoms with Crippen LogP contribution in [0.2, 0.25) is 0 Å². The molecule has 3 N–H and O–H groups in total. The van der Waals surface area contributed by atoms with Crippen molar-refractivity contribution >= 4 is 5.97 Å². The Bertz CT molecular complexity index is 800. The van der Waals surface area contributed by atoms with E-state index in [0.717, 1.165) is 22.6 Å². The predicted molar refractivity (Wildman–Crippen MR) is 96.6 cm³/mol. The summed E-state index contributed by atoms with van der Waals surface area (Å²) in [5.41, 5.74) is 8.91. The smallest absolute Gasteiger partial charge is 0.323 e. The maximum absolute atomic E-state index is 12.0. The number of hydrogen-bond acceptors (Lipinski definition) is 4. The van der Waals surface area contributed by atoms with Gasteiger partial charge in [0.25, 0.3) is 0 Å². The molecular formula is C20H21N3O2. The highest BCUT2D eigenvalue weighted by molar-refractivity contribution is 5.75. The Labute approximate surface area is 146 Å². The second-order valence-corrected chi connectivity index (χ2v) is 5.85. The van der Waals surface area contributed by atoms with Crippen LogP contribution in [-0.2, 0) is 22.6 Å². The zero-order valence-corrected chi connectivity index (χ0v) is 13.9.